The maximum Gasteiger partial charge on any atom is 0.243 e. The van der Waals surface area contributed by atoms with Crippen LogP contribution in [0.1, 0.15) is 0 Å². The van der Waals surface area contributed by atoms with Crippen LogP contribution in [0.3, 0.4) is 0 Å². The number of nitrogens with one attached hydrogen (secondary N) is 2. The lowest BCUT2D eigenvalue weighted by Gasteiger charge is -2.03. The van der Waals surface area contributed by atoms with Gasteiger partial charge in [-0.1, -0.05) is 0 Å². The van der Waals surface area contributed by atoms with Gasteiger partial charge in [-0.3, -0.25) is 0 Å². The van der Waals surface area contributed by atoms with Crippen LogP contribution >= 0.6 is 15.9 Å². The zero-order valence-corrected chi connectivity index (χ0v) is 11.8. The number of pyridine rings is 1. The molecule has 2 heterocycles. The van der Waals surface area contributed by atoms with Crippen molar-refractivity contribution in [1.29, 1.82) is 0 Å². The van der Waals surface area contributed by atoms with E-state index in [9.17, 15) is 0 Å². The summed E-state index contributed by atoms with van der Waals surface area (Å²) in [5, 5.41) is 10.7. The number of nitrogens with zero attached hydrogens (tertiary/aromatic N) is 3. The highest BCUT2D eigenvalue weighted by molar-refractivity contribution is 9.10. The second-order valence-electron chi connectivity index (χ2n) is 3.76. The molecule has 0 amide bonds. The van der Waals surface area contributed by atoms with Crippen molar-refractivity contribution in [2.75, 3.05) is 38.7 Å². The molecule has 0 aliphatic rings. The van der Waals surface area contributed by atoms with Gasteiger partial charge in [0.1, 0.15) is 0 Å². The Balaban J connectivity index is 1.81. The largest absolute Gasteiger partial charge is 0.383 e. The Kier molecular flexibility index (Phi) is 4.91. The Bertz CT molecular complexity index is 501. The minimum Gasteiger partial charge on any atom is -0.383 e. The molecule has 0 spiro atoms. The van der Waals surface area contributed by atoms with E-state index in [0.29, 0.717) is 5.95 Å². The average molecular weight is 314 g/mol. The summed E-state index contributed by atoms with van der Waals surface area (Å²) in [5.41, 5.74) is 0.827. The van der Waals surface area contributed by atoms with Crippen molar-refractivity contribution in [1.82, 2.24) is 19.9 Å². The van der Waals surface area contributed by atoms with E-state index in [0.717, 1.165) is 36.4 Å². The summed E-state index contributed by atoms with van der Waals surface area (Å²) in [6.45, 7) is 3.20. The maximum absolute atomic E-state index is 4.94. The molecule has 0 aliphatic carbocycles. The smallest absolute Gasteiger partial charge is 0.243 e. The number of fused-ring (bicyclic) bond motifs is 1. The molecule has 2 aromatic heterocycles. The quantitative estimate of drug-likeness (QED) is 0.751. The third kappa shape index (κ3) is 3.66. The fourth-order valence-corrected chi connectivity index (χ4v) is 1.82. The highest BCUT2D eigenvalue weighted by Gasteiger charge is 2.02. The SMILES string of the molecule is COCCNCCNc1nc2ccc(Br)cn2n1. The van der Waals surface area contributed by atoms with Gasteiger partial charge in [-0.05, 0) is 28.1 Å². The lowest BCUT2D eigenvalue weighted by atomic mass is 10.5. The minimum atomic E-state index is 0.640. The number of rotatable bonds is 7. The van der Waals surface area contributed by atoms with Crippen LogP contribution in [0.25, 0.3) is 5.65 Å². The predicted octanol–water partition coefficient (Wildman–Crippen LogP) is 1.14. The molecule has 0 fully saturated rings. The molecule has 6 nitrogen and oxygen atoms in total. The van der Waals surface area contributed by atoms with Gasteiger partial charge < -0.3 is 15.4 Å². The van der Waals surface area contributed by atoms with Crippen molar-refractivity contribution in [3.8, 4) is 0 Å². The van der Waals surface area contributed by atoms with Crippen molar-refractivity contribution in [2.24, 2.45) is 0 Å². The Labute approximate surface area is 114 Å². The minimum absolute atomic E-state index is 0.640. The van der Waals surface area contributed by atoms with E-state index in [1.807, 2.05) is 18.3 Å². The standard InChI is InChI=1S/C11H16BrN5O/c1-18-7-6-13-4-5-14-11-15-10-3-2-9(12)8-17(10)16-11/h2-3,8,13H,4-7H2,1H3,(H,14,16). The van der Waals surface area contributed by atoms with Crippen molar-refractivity contribution in [2.45, 2.75) is 0 Å². The van der Waals surface area contributed by atoms with E-state index in [1.54, 1.807) is 11.6 Å². The number of anilines is 1. The monoisotopic (exact) mass is 313 g/mol. The van der Waals surface area contributed by atoms with Crippen LogP contribution < -0.4 is 10.6 Å². The summed E-state index contributed by atoms with van der Waals surface area (Å²) in [4.78, 5) is 4.36. The van der Waals surface area contributed by atoms with Gasteiger partial charge in [-0.15, -0.1) is 5.10 Å². The predicted molar refractivity (Wildman–Crippen MR) is 73.9 cm³/mol. The Morgan fingerprint density at radius 3 is 3.06 bits per heavy atom. The van der Waals surface area contributed by atoms with Crippen LogP contribution in [0.5, 0.6) is 0 Å². The summed E-state index contributed by atoms with van der Waals surface area (Å²) in [5.74, 6) is 0.640. The topological polar surface area (TPSA) is 63.5 Å². The van der Waals surface area contributed by atoms with Gasteiger partial charge in [0, 0.05) is 37.4 Å². The van der Waals surface area contributed by atoms with Gasteiger partial charge in [0.15, 0.2) is 5.65 Å². The molecule has 2 rings (SSSR count). The molecule has 2 N–H and O–H groups in total. The van der Waals surface area contributed by atoms with Crippen molar-refractivity contribution < 1.29 is 4.74 Å². The molecule has 98 valence electrons. The zero-order valence-electron chi connectivity index (χ0n) is 10.2. The molecule has 0 aromatic carbocycles. The summed E-state index contributed by atoms with van der Waals surface area (Å²) in [7, 11) is 1.69. The Morgan fingerprint density at radius 1 is 1.33 bits per heavy atom. The molecule has 0 aliphatic heterocycles. The fraction of sp³-hybridized carbons (Fsp3) is 0.455. The van der Waals surface area contributed by atoms with E-state index in [-0.39, 0.29) is 0 Å². The summed E-state index contributed by atoms with van der Waals surface area (Å²) in [6, 6.07) is 3.86. The lowest BCUT2D eigenvalue weighted by molar-refractivity contribution is 0.200. The molecule has 0 saturated heterocycles. The number of hydrogen-bond acceptors (Lipinski definition) is 5. The van der Waals surface area contributed by atoms with Gasteiger partial charge in [-0.2, -0.15) is 4.98 Å². The van der Waals surface area contributed by atoms with Crippen molar-refractivity contribution in [3.05, 3.63) is 22.8 Å². The van der Waals surface area contributed by atoms with Crippen LogP contribution in [0.4, 0.5) is 5.95 Å². The van der Waals surface area contributed by atoms with Gasteiger partial charge >= 0.3 is 0 Å². The molecule has 0 bridgehead atoms. The molecular weight excluding hydrogens is 298 g/mol. The summed E-state index contributed by atoms with van der Waals surface area (Å²) < 4.78 is 7.66. The molecule has 18 heavy (non-hydrogen) atoms. The van der Waals surface area contributed by atoms with E-state index in [4.69, 9.17) is 4.74 Å². The van der Waals surface area contributed by atoms with Gasteiger partial charge in [0.05, 0.1) is 6.61 Å². The van der Waals surface area contributed by atoms with Crippen molar-refractivity contribution >= 4 is 27.5 Å². The number of aromatic nitrogens is 3. The van der Waals surface area contributed by atoms with Crippen LogP contribution in [0.15, 0.2) is 22.8 Å². The van der Waals surface area contributed by atoms with E-state index >= 15 is 0 Å². The normalized spacial score (nSPS) is 11.0. The first kappa shape index (κ1) is 13.3. The maximum atomic E-state index is 4.94. The molecule has 0 radical (unpaired) electrons. The third-order valence-corrected chi connectivity index (χ3v) is 2.83. The molecular formula is C11H16BrN5O. The Hall–Kier alpha value is -1.18. The first-order valence-electron chi connectivity index (χ1n) is 5.75. The number of methoxy groups -OCH3 is 1. The van der Waals surface area contributed by atoms with E-state index in [1.165, 1.54) is 0 Å². The van der Waals surface area contributed by atoms with Gasteiger partial charge in [0.25, 0.3) is 0 Å². The highest BCUT2D eigenvalue weighted by atomic mass is 79.9. The molecule has 2 aromatic rings. The van der Waals surface area contributed by atoms with Gasteiger partial charge in [-0.25, -0.2) is 4.52 Å². The van der Waals surface area contributed by atoms with Crippen LogP contribution in [0.2, 0.25) is 0 Å². The van der Waals surface area contributed by atoms with Crippen LogP contribution in [-0.4, -0.2) is 47.9 Å². The first-order valence-corrected chi connectivity index (χ1v) is 6.54. The highest BCUT2D eigenvalue weighted by Crippen LogP contribution is 2.11. The third-order valence-electron chi connectivity index (χ3n) is 2.36. The van der Waals surface area contributed by atoms with Gasteiger partial charge in [0.2, 0.25) is 5.95 Å². The summed E-state index contributed by atoms with van der Waals surface area (Å²) in [6.07, 6.45) is 1.88. The first-order chi connectivity index (χ1) is 8.79. The lowest BCUT2D eigenvalue weighted by Crippen LogP contribution is -2.25. The molecule has 0 atom stereocenters. The van der Waals surface area contributed by atoms with E-state index < -0.39 is 0 Å². The molecule has 7 heteroatoms. The number of ether oxygens (including phenoxy) is 1. The van der Waals surface area contributed by atoms with Crippen LogP contribution in [0, 0.1) is 0 Å². The van der Waals surface area contributed by atoms with E-state index in [2.05, 4.69) is 36.6 Å². The molecule has 0 unspecified atom stereocenters. The van der Waals surface area contributed by atoms with Crippen LogP contribution in [-0.2, 0) is 4.74 Å². The number of hydrogen-bond donors (Lipinski definition) is 2. The zero-order chi connectivity index (χ0) is 12.8. The van der Waals surface area contributed by atoms with Crippen molar-refractivity contribution in [3.63, 3.8) is 0 Å². The molecule has 0 saturated carbocycles. The Morgan fingerprint density at radius 2 is 2.22 bits per heavy atom. The summed E-state index contributed by atoms with van der Waals surface area (Å²) >= 11 is 3.40. The number of halogens is 1. The second-order valence-corrected chi connectivity index (χ2v) is 4.67. The average Bonchev–Trinajstić information content (AvgIpc) is 2.75. The fourth-order valence-electron chi connectivity index (χ4n) is 1.49. The second kappa shape index (κ2) is 6.67.